The van der Waals surface area contributed by atoms with Crippen LogP contribution < -0.4 is 4.74 Å². The molecule has 0 saturated heterocycles. The van der Waals surface area contributed by atoms with Crippen molar-refractivity contribution in [3.63, 3.8) is 0 Å². The zero-order valence-electron chi connectivity index (χ0n) is 11.4. The van der Waals surface area contributed by atoms with Gasteiger partial charge in [0.15, 0.2) is 11.5 Å². The summed E-state index contributed by atoms with van der Waals surface area (Å²) in [5.74, 6) is -0.589. The summed E-state index contributed by atoms with van der Waals surface area (Å²) >= 11 is 0. The molecule has 118 valence electrons. The van der Waals surface area contributed by atoms with Gasteiger partial charge >= 0.3 is 0 Å². The van der Waals surface area contributed by atoms with E-state index in [4.69, 9.17) is 4.74 Å². The second-order valence-corrected chi connectivity index (χ2v) is 5.00. The molecule has 0 radical (unpaired) electrons. The molecule has 0 bridgehead atoms. The van der Waals surface area contributed by atoms with Crippen LogP contribution in [-0.2, 0) is 6.42 Å². The predicted molar refractivity (Wildman–Crippen MR) is 76.2 cm³/mol. The van der Waals surface area contributed by atoms with Crippen LogP contribution in [-0.4, -0.2) is 37.1 Å². The van der Waals surface area contributed by atoms with E-state index < -0.39 is 12.2 Å². The Kier molecular flexibility index (Phi) is 4.03. The number of phenolic OH excluding ortho intramolecular Hbond substituents is 4. The number of rotatable bonds is 1. The van der Waals surface area contributed by atoms with E-state index in [0.29, 0.717) is 11.1 Å². The molecule has 0 saturated carbocycles. The third kappa shape index (κ3) is 2.59. The molecule has 2 aromatic rings. The van der Waals surface area contributed by atoms with Gasteiger partial charge in [0.25, 0.3) is 0 Å². The van der Waals surface area contributed by atoms with Crippen LogP contribution in [0.2, 0.25) is 0 Å². The molecule has 0 amide bonds. The monoisotopic (exact) mass is 308 g/mol. The van der Waals surface area contributed by atoms with E-state index in [0.717, 1.165) is 0 Å². The maximum absolute atomic E-state index is 10.2. The first-order valence-electron chi connectivity index (χ1n) is 6.37. The fourth-order valence-electron chi connectivity index (χ4n) is 2.47. The van der Waals surface area contributed by atoms with Crippen molar-refractivity contribution in [2.24, 2.45) is 0 Å². The van der Waals surface area contributed by atoms with Gasteiger partial charge in [-0.15, -0.1) is 0 Å². The van der Waals surface area contributed by atoms with Crippen LogP contribution in [0.15, 0.2) is 30.3 Å². The average Bonchev–Trinajstić information content (AvgIpc) is 2.42. The number of benzene rings is 2. The van der Waals surface area contributed by atoms with Crippen LogP contribution in [0.1, 0.15) is 17.2 Å². The molecule has 7 nitrogen and oxygen atoms in total. The lowest BCUT2D eigenvalue weighted by atomic mass is 9.94. The van der Waals surface area contributed by atoms with Crippen molar-refractivity contribution in [2.75, 3.05) is 0 Å². The van der Waals surface area contributed by atoms with Crippen LogP contribution in [0, 0.1) is 0 Å². The van der Waals surface area contributed by atoms with Crippen molar-refractivity contribution < 1.29 is 35.7 Å². The number of phenols is 4. The molecule has 1 heterocycles. The molecule has 0 fully saturated rings. The summed E-state index contributed by atoms with van der Waals surface area (Å²) in [6.45, 7) is 0. The van der Waals surface area contributed by atoms with E-state index in [9.17, 15) is 25.5 Å². The third-order valence-electron chi connectivity index (χ3n) is 3.51. The molecule has 0 aliphatic carbocycles. The minimum absolute atomic E-state index is 0. The van der Waals surface area contributed by atoms with Crippen molar-refractivity contribution in [3.8, 4) is 28.7 Å². The van der Waals surface area contributed by atoms with E-state index in [1.165, 1.54) is 30.3 Å². The Balaban J connectivity index is 0.00000176. The molecule has 22 heavy (non-hydrogen) atoms. The smallest absolute Gasteiger partial charge is 0.157 e. The Hall–Kier alpha value is -2.64. The van der Waals surface area contributed by atoms with Crippen LogP contribution in [0.4, 0.5) is 0 Å². The molecule has 1 aliphatic heterocycles. The Bertz CT molecular complexity index is 699. The summed E-state index contributed by atoms with van der Waals surface area (Å²) in [6, 6.07) is 6.67. The lowest BCUT2D eigenvalue weighted by Crippen LogP contribution is -2.30. The number of aliphatic hydroxyl groups is 1. The van der Waals surface area contributed by atoms with E-state index in [1.807, 2.05) is 0 Å². The highest BCUT2D eigenvalue weighted by molar-refractivity contribution is 5.52. The molecule has 7 heteroatoms. The first-order chi connectivity index (χ1) is 9.95. The summed E-state index contributed by atoms with van der Waals surface area (Å²) in [6.07, 6.45) is -1.56. The van der Waals surface area contributed by atoms with E-state index >= 15 is 0 Å². The fraction of sp³-hybridized carbons (Fsp3) is 0.200. The lowest BCUT2D eigenvalue weighted by Gasteiger charge is -2.31. The maximum atomic E-state index is 10.2. The highest BCUT2D eigenvalue weighted by Gasteiger charge is 2.32. The Morgan fingerprint density at radius 1 is 0.909 bits per heavy atom. The molecule has 0 aromatic heterocycles. The van der Waals surface area contributed by atoms with Crippen LogP contribution >= 0.6 is 0 Å². The van der Waals surface area contributed by atoms with Crippen molar-refractivity contribution in [2.45, 2.75) is 18.6 Å². The Morgan fingerprint density at radius 2 is 1.64 bits per heavy atom. The summed E-state index contributed by atoms with van der Waals surface area (Å²) in [7, 11) is 0. The molecule has 1 aliphatic rings. The van der Waals surface area contributed by atoms with Gasteiger partial charge in [-0.25, -0.2) is 0 Å². The summed E-state index contributed by atoms with van der Waals surface area (Å²) in [4.78, 5) is 0. The quantitative estimate of drug-likeness (QED) is 0.491. The van der Waals surface area contributed by atoms with Crippen molar-refractivity contribution >= 4 is 0 Å². The highest BCUT2D eigenvalue weighted by atomic mass is 16.5. The van der Waals surface area contributed by atoms with Gasteiger partial charge in [-0.1, -0.05) is 6.07 Å². The summed E-state index contributed by atoms with van der Waals surface area (Å²) in [5.41, 5.74) is 0.894. The molecule has 7 N–H and O–H groups in total. The number of hydrogen-bond acceptors (Lipinski definition) is 6. The number of aromatic hydroxyl groups is 4. The lowest BCUT2D eigenvalue weighted by molar-refractivity contribution is 0.0197. The average molecular weight is 308 g/mol. The van der Waals surface area contributed by atoms with Crippen LogP contribution in [0.25, 0.3) is 0 Å². The van der Waals surface area contributed by atoms with Gasteiger partial charge < -0.3 is 35.7 Å². The van der Waals surface area contributed by atoms with Gasteiger partial charge in [0.1, 0.15) is 23.4 Å². The third-order valence-corrected chi connectivity index (χ3v) is 3.51. The van der Waals surface area contributed by atoms with Crippen LogP contribution in [0.5, 0.6) is 28.7 Å². The van der Waals surface area contributed by atoms with E-state index in [-0.39, 0.29) is 40.6 Å². The van der Waals surface area contributed by atoms with Gasteiger partial charge in [-0.2, -0.15) is 0 Å². The zero-order valence-corrected chi connectivity index (χ0v) is 11.4. The van der Waals surface area contributed by atoms with Crippen molar-refractivity contribution in [3.05, 3.63) is 41.5 Å². The number of fused-ring (bicyclic) bond motifs is 1. The highest BCUT2D eigenvalue weighted by Crippen LogP contribution is 2.42. The van der Waals surface area contributed by atoms with Crippen molar-refractivity contribution in [1.82, 2.24) is 0 Å². The molecule has 3 rings (SSSR count). The molecule has 2 atom stereocenters. The first-order valence-corrected chi connectivity index (χ1v) is 6.37. The van der Waals surface area contributed by atoms with Gasteiger partial charge in [-0.3, -0.25) is 0 Å². The van der Waals surface area contributed by atoms with E-state index in [1.54, 1.807) is 0 Å². The topological polar surface area (TPSA) is 142 Å². The summed E-state index contributed by atoms with van der Waals surface area (Å²) in [5, 5.41) is 48.3. The largest absolute Gasteiger partial charge is 0.508 e. The van der Waals surface area contributed by atoms with Gasteiger partial charge in [0.05, 0.1) is 6.10 Å². The second-order valence-electron chi connectivity index (χ2n) is 5.00. The number of hydrogen-bond donors (Lipinski definition) is 5. The number of aliphatic hydroxyl groups excluding tert-OH is 1. The number of ether oxygens (including phenoxy) is 1. The molecular weight excluding hydrogens is 292 g/mol. The maximum Gasteiger partial charge on any atom is 0.157 e. The Labute approximate surface area is 125 Å². The van der Waals surface area contributed by atoms with Gasteiger partial charge in [0.2, 0.25) is 0 Å². The second kappa shape index (κ2) is 5.63. The normalized spacial score (nSPS) is 19.7. The van der Waals surface area contributed by atoms with Crippen LogP contribution in [0.3, 0.4) is 0 Å². The van der Waals surface area contributed by atoms with Gasteiger partial charge in [-0.05, 0) is 17.7 Å². The SMILES string of the molecule is O.Oc1cc(O)c2c(c1)O[C@@H](c1ccc(O)c(O)c1)[C@H](O)C2. The minimum Gasteiger partial charge on any atom is -0.508 e. The Morgan fingerprint density at radius 3 is 2.32 bits per heavy atom. The first kappa shape index (κ1) is 15.7. The molecular formula is C15H16O7. The van der Waals surface area contributed by atoms with E-state index in [2.05, 4.69) is 0 Å². The standard InChI is InChI=1S/C15H14O6.H2O/c16-8-4-11(18)9-6-13(20)15(21-14(9)5-8)7-1-2-10(17)12(19)3-7;/h1-5,13,15-20H,6H2;1H2/t13-,15+;/m1./s1. The van der Waals surface area contributed by atoms with Gasteiger partial charge in [0, 0.05) is 24.1 Å². The molecule has 2 aromatic carbocycles. The fourth-order valence-corrected chi connectivity index (χ4v) is 2.47. The zero-order chi connectivity index (χ0) is 15.1. The predicted octanol–water partition coefficient (Wildman–Crippen LogP) is 0.721. The minimum atomic E-state index is -0.933. The summed E-state index contributed by atoms with van der Waals surface area (Å²) < 4.78 is 5.62. The molecule has 0 spiro atoms. The molecule has 0 unspecified atom stereocenters. The van der Waals surface area contributed by atoms with Crippen molar-refractivity contribution in [1.29, 1.82) is 0 Å².